The number of ether oxygens (including phenoxy) is 1. The number of hydrogen-bond donors (Lipinski definition) is 0. The van der Waals surface area contributed by atoms with E-state index < -0.39 is 0 Å². The van der Waals surface area contributed by atoms with Crippen molar-refractivity contribution in [1.82, 2.24) is 14.6 Å². The van der Waals surface area contributed by atoms with Crippen LogP contribution in [0.3, 0.4) is 0 Å². The van der Waals surface area contributed by atoms with Crippen LogP contribution in [0.1, 0.15) is 25.5 Å². The second kappa shape index (κ2) is 5.92. The average Bonchev–Trinajstić information content (AvgIpc) is 3.25. The Balaban J connectivity index is 1.44. The number of fused-ring (bicyclic) bond motifs is 2. The SMILES string of the molecule is CCCOC12C=CC(c3cn4nc(-c5ccccc5)ccc4n3)=CC1C2. The first-order valence-corrected chi connectivity index (χ1v) is 9.25. The van der Waals surface area contributed by atoms with Crippen molar-refractivity contribution in [2.75, 3.05) is 6.61 Å². The fraction of sp³-hybridized carbons (Fsp3) is 0.273. The number of imidazole rings is 1. The summed E-state index contributed by atoms with van der Waals surface area (Å²) in [5.74, 6) is 0.478. The van der Waals surface area contributed by atoms with Gasteiger partial charge in [0.25, 0.3) is 0 Å². The fourth-order valence-corrected chi connectivity index (χ4v) is 3.64. The molecule has 1 saturated carbocycles. The van der Waals surface area contributed by atoms with Gasteiger partial charge in [-0.15, -0.1) is 0 Å². The molecule has 4 heteroatoms. The van der Waals surface area contributed by atoms with E-state index in [2.05, 4.69) is 37.3 Å². The van der Waals surface area contributed by atoms with Crippen LogP contribution in [-0.2, 0) is 4.74 Å². The standard InChI is InChI=1S/C22H21N3O/c1-2-12-26-22-11-10-17(13-18(22)14-22)20-15-25-21(23-20)9-8-19(24-25)16-6-4-3-5-7-16/h3-11,13,15,18H,2,12,14H2,1H3. The van der Waals surface area contributed by atoms with Crippen LogP contribution in [0.4, 0.5) is 0 Å². The smallest absolute Gasteiger partial charge is 0.154 e. The van der Waals surface area contributed by atoms with Gasteiger partial charge < -0.3 is 4.74 Å². The maximum absolute atomic E-state index is 6.03. The van der Waals surface area contributed by atoms with E-state index in [0.717, 1.165) is 47.6 Å². The molecule has 4 nitrogen and oxygen atoms in total. The zero-order valence-electron chi connectivity index (χ0n) is 14.8. The summed E-state index contributed by atoms with van der Waals surface area (Å²) in [6.45, 7) is 2.97. The first-order chi connectivity index (χ1) is 12.8. The summed E-state index contributed by atoms with van der Waals surface area (Å²) >= 11 is 0. The molecule has 0 saturated heterocycles. The molecule has 0 amide bonds. The Bertz CT molecular complexity index is 1020. The minimum atomic E-state index is -0.0442. The molecule has 1 aromatic carbocycles. The van der Waals surface area contributed by atoms with Crippen molar-refractivity contribution in [2.24, 2.45) is 5.92 Å². The highest BCUT2D eigenvalue weighted by Gasteiger charge is 2.53. The fourth-order valence-electron chi connectivity index (χ4n) is 3.64. The molecule has 0 radical (unpaired) electrons. The lowest BCUT2D eigenvalue weighted by atomic mass is 10.0. The summed E-state index contributed by atoms with van der Waals surface area (Å²) in [6, 6.07) is 14.3. The number of nitrogens with zero attached hydrogens (tertiary/aromatic N) is 3. The first kappa shape index (κ1) is 15.5. The summed E-state index contributed by atoms with van der Waals surface area (Å²) < 4.78 is 7.90. The van der Waals surface area contributed by atoms with Gasteiger partial charge in [0.05, 0.1) is 23.2 Å². The molecule has 1 fully saturated rings. The minimum absolute atomic E-state index is 0.0442. The lowest BCUT2D eigenvalue weighted by Crippen LogP contribution is -2.16. The van der Waals surface area contributed by atoms with E-state index in [1.165, 1.54) is 0 Å². The number of hydrogen-bond acceptors (Lipinski definition) is 3. The average molecular weight is 343 g/mol. The quantitative estimate of drug-likeness (QED) is 0.683. The van der Waals surface area contributed by atoms with E-state index >= 15 is 0 Å². The number of rotatable bonds is 5. The highest BCUT2D eigenvalue weighted by atomic mass is 16.5. The maximum atomic E-state index is 6.03. The van der Waals surface area contributed by atoms with Gasteiger partial charge in [-0.05, 0) is 30.5 Å². The third-order valence-corrected chi connectivity index (χ3v) is 5.19. The summed E-state index contributed by atoms with van der Waals surface area (Å²) in [4.78, 5) is 4.75. The second-order valence-corrected chi connectivity index (χ2v) is 7.08. The van der Waals surface area contributed by atoms with Gasteiger partial charge in [-0.25, -0.2) is 9.50 Å². The molecule has 0 N–H and O–H groups in total. The summed E-state index contributed by atoms with van der Waals surface area (Å²) in [5.41, 5.74) is 5.01. The van der Waals surface area contributed by atoms with Gasteiger partial charge in [-0.2, -0.15) is 5.10 Å². The lowest BCUT2D eigenvalue weighted by molar-refractivity contribution is 0.0596. The Morgan fingerprint density at radius 3 is 2.85 bits per heavy atom. The van der Waals surface area contributed by atoms with Gasteiger partial charge in [0.2, 0.25) is 0 Å². The summed E-state index contributed by atoms with van der Waals surface area (Å²) in [6.07, 6.45) is 10.8. The Labute approximate surface area is 152 Å². The summed E-state index contributed by atoms with van der Waals surface area (Å²) in [7, 11) is 0. The third-order valence-electron chi connectivity index (χ3n) is 5.19. The molecule has 3 aromatic rings. The zero-order chi connectivity index (χ0) is 17.6. The van der Waals surface area contributed by atoms with Gasteiger partial charge in [0.1, 0.15) is 0 Å². The van der Waals surface area contributed by atoms with E-state index in [4.69, 9.17) is 14.8 Å². The van der Waals surface area contributed by atoms with E-state index in [1.807, 2.05) is 41.0 Å². The van der Waals surface area contributed by atoms with Crippen molar-refractivity contribution < 1.29 is 4.74 Å². The van der Waals surface area contributed by atoms with Crippen molar-refractivity contribution >= 4 is 11.2 Å². The monoisotopic (exact) mass is 343 g/mol. The number of benzene rings is 1. The van der Waals surface area contributed by atoms with E-state index in [0.29, 0.717) is 5.92 Å². The van der Waals surface area contributed by atoms with Gasteiger partial charge in [-0.1, -0.05) is 55.5 Å². The molecule has 2 aromatic heterocycles. The number of allylic oxidation sites excluding steroid dienone is 2. The molecule has 2 aliphatic rings. The Kier molecular flexibility index (Phi) is 3.54. The highest BCUT2D eigenvalue weighted by molar-refractivity contribution is 5.76. The molecule has 0 aliphatic heterocycles. The largest absolute Gasteiger partial charge is 0.370 e. The van der Waals surface area contributed by atoms with Gasteiger partial charge >= 0.3 is 0 Å². The van der Waals surface area contributed by atoms with Gasteiger partial charge in [-0.3, -0.25) is 0 Å². The van der Waals surface area contributed by atoms with Crippen LogP contribution in [0.2, 0.25) is 0 Å². The Hall–Kier alpha value is -2.72. The second-order valence-electron chi connectivity index (χ2n) is 7.08. The van der Waals surface area contributed by atoms with Crippen LogP contribution in [0.5, 0.6) is 0 Å². The highest BCUT2D eigenvalue weighted by Crippen LogP contribution is 2.52. The van der Waals surface area contributed by atoms with Gasteiger partial charge in [0, 0.05) is 18.1 Å². The van der Waals surface area contributed by atoms with Gasteiger partial charge in [0.15, 0.2) is 5.65 Å². The van der Waals surface area contributed by atoms with E-state index in [-0.39, 0.29) is 5.60 Å². The van der Waals surface area contributed by atoms with Crippen LogP contribution in [-0.4, -0.2) is 26.8 Å². The van der Waals surface area contributed by atoms with Crippen LogP contribution >= 0.6 is 0 Å². The number of aromatic nitrogens is 3. The first-order valence-electron chi connectivity index (χ1n) is 9.25. The molecule has 26 heavy (non-hydrogen) atoms. The van der Waals surface area contributed by atoms with Crippen molar-refractivity contribution in [3.05, 3.63) is 72.6 Å². The molecular weight excluding hydrogens is 322 g/mol. The molecule has 2 unspecified atom stereocenters. The van der Waals surface area contributed by atoms with Crippen molar-refractivity contribution in [2.45, 2.75) is 25.4 Å². The van der Waals surface area contributed by atoms with Crippen molar-refractivity contribution in [1.29, 1.82) is 0 Å². The predicted molar refractivity (Wildman–Crippen MR) is 103 cm³/mol. The van der Waals surface area contributed by atoms with Crippen LogP contribution < -0.4 is 0 Å². The van der Waals surface area contributed by atoms with E-state index in [1.54, 1.807) is 0 Å². The van der Waals surface area contributed by atoms with Crippen LogP contribution in [0.15, 0.2) is 66.9 Å². The molecule has 2 heterocycles. The van der Waals surface area contributed by atoms with Crippen LogP contribution in [0, 0.1) is 5.92 Å². The predicted octanol–water partition coefficient (Wildman–Crippen LogP) is 4.53. The van der Waals surface area contributed by atoms with E-state index in [9.17, 15) is 0 Å². The molecule has 0 bridgehead atoms. The normalized spacial score (nSPS) is 23.7. The van der Waals surface area contributed by atoms with Crippen LogP contribution in [0.25, 0.3) is 22.5 Å². The Morgan fingerprint density at radius 1 is 1.15 bits per heavy atom. The molecule has 2 atom stereocenters. The molecule has 5 rings (SSSR count). The van der Waals surface area contributed by atoms with Crippen molar-refractivity contribution in [3.63, 3.8) is 0 Å². The molecule has 0 spiro atoms. The molecule has 2 aliphatic carbocycles. The van der Waals surface area contributed by atoms with Crippen molar-refractivity contribution in [3.8, 4) is 11.3 Å². The topological polar surface area (TPSA) is 39.4 Å². The molecular formula is C22H21N3O. The molecule has 130 valence electrons. The third kappa shape index (κ3) is 2.58. The summed E-state index contributed by atoms with van der Waals surface area (Å²) in [5, 5.41) is 4.72. The minimum Gasteiger partial charge on any atom is -0.370 e. The Morgan fingerprint density at radius 2 is 2.04 bits per heavy atom. The zero-order valence-corrected chi connectivity index (χ0v) is 14.8. The maximum Gasteiger partial charge on any atom is 0.154 e. The lowest BCUT2D eigenvalue weighted by Gasteiger charge is -2.16.